The second-order valence-electron chi connectivity index (χ2n) is 4.92. The zero-order valence-corrected chi connectivity index (χ0v) is 13.1. The van der Waals surface area contributed by atoms with E-state index in [9.17, 15) is 14.0 Å². The van der Waals surface area contributed by atoms with Crippen LogP contribution in [0.25, 0.3) is 0 Å². The maximum atomic E-state index is 12.9. The van der Waals surface area contributed by atoms with Crippen LogP contribution in [0.1, 0.15) is 28.9 Å². The monoisotopic (exact) mass is 335 g/mol. The summed E-state index contributed by atoms with van der Waals surface area (Å²) >= 11 is 5.73. The van der Waals surface area contributed by atoms with E-state index in [1.54, 1.807) is 31.2 Å². The fourth-order valence-corrected chi connectivity index (χ4v) is 2.04. The lowest BCUT2D eigenvalue weighted by Crippen LogP contribution is -2.31. The molecule has 0 aliphatic rings. The Kier molecular flexibility index (Phi) is 5.71. The molecule has 0 fully saturated rings. The summed E-state index contributed by atoms with van der Waals surface area (Å²) in [4.78, 5) is 23.6. The van der Waals surface area contributed by atoms with Gasteiger partial charge in [-0.15, -0.1) is 0 Å². The second-order valence-corrected chi connectivity index (χ2v) is 5.36. The van der Waals surface area contributed by atoms with Crippen molar-refractivity contribution < 1.29 is 18.7 Å². The van der Waals surface area contributed by atoms with Gasteiger partial charge in [0.15, 0.2) is 6.61 Å². The fourth-order valence-electron chi connectivity index (χ4n) is 1.92. The maximum Gasteiger partial charge on any atom is 0.338 e. The van der Waals surface area contributed by atoms with E-state index >= 15 is 0 Å². The highest BCUT2D eigenvalue weighted by Crippen LogP contribution is 2.13. The minimum absolute atomic E-state index is 0.314. The third kappa shape index (κ3) is 5.07. The topological polar surface area (TPSA) is 55.4 Å². The first-order chi connectivity index (χ1) is 11.0. The van der Waals surface area contributed by atoms with Crippen molar-refractivity contribution in [1.29, 1.82) is 0 Å². The van der Waals surface area contributed by atoms with Gasteiger partial charge in [0, 0.05) is 5.02 Å². The molecule has 2 rings (SSSR count). The van der Waals surface area contributed by atoms with Gasteiger partial charge in [-0.3, -0.25) is 4.79 Å². The Balaban J connectivity index is 1.83. The summed E-state index contributed by atoms with van der Waals surface area (Å²) < 4.78 is 17.8. The summed E-state index contributed by atoms with van der Waals surface area (Å²) in [6, 6.07) is 11.6. The molecule has 120 valence electrons. The molecule has 0 saturated carbocycles. The van der Waals surface area contributed by atoms with E-state index in [0.29, 0.717) is 10.6 Å². The van der Waals surface area contributed by atoms with Gasteiger partial charge in [-0.1, -0.05) is 23.7 Å². The highest BCUT2D eigenvalue weighted by Gasteiger charge is 2.13. The minimum atomic E-state index is -0.605. The second kappa shape index (κ2) is 7.74. The van der Waals surface area contributed by atoms with Gasteiger partial charge in [-0.25, -0.2) is 9.18 Å². The number of ether oxygens (including phenoxy) is 1. The van der Waals surface area contributed by atoms with Crippen LogP contribution in [-0.2, 0) is 9.53 Å². The SMILES string of the molecule is CC(NC(=O)COC(=O)c1ccc(Cl)cc1)c1ccc(F)cc1. The van der Waals surface area contributed by atoms with Crippen molar-refractivity contribution in [3.8, 4) is 0 Å². The first kappa shape index (κ1) is 17.0. The number of carbonyl (C=O) groups excluding carboxylic acids is 2. The molecule has 0 saturated heterocycles. The van der Waals surface area contributed by atoms with Crippen molar-refractivity contribution in [3.05, 3.63) is 70.5 Å². The van der Waals surface area contributed by atoms with Crippen LogP contribution in [0.5, 0.6) is 0 Å². The van der Waals surface area contributed by atoms with E-state index in [4.69, 9.17) is 16.3 Å². The smallest absolute Gasteiger partial charge is 0.338 e. The molecule has 0 aliphatic carbocycles. The van der Waals surface area contributed by atoms with E-state index < -0.39 is 18.5 Å². The van der Waals surface area contributed by atoms with Crippen molar-refractivity contribution in [2.75, 3.05) is 6.61 Å². The van der Waals surface area contributed by atoms with E-state index in [-0.39, 0.29) is 11.9 Å². The largest absolute Gasteiger partial charge is 0.452 e. The third-order valence-electron chi connectivity index (χ3n) is 3.16. The standard InChI is InChI=1S/C17H15ClFNO3/c1-11(12-4-8-15(19)9-5-12)20-16(21)10-23-17(22)13-2-6-14(18)7-3-13/h2-9,11H,10H2,1H3,(H,20,21). The number of hydrogen-bond donors (Lipinski definition) is 1. The summed E-state index contributed by atoms with van der Waals surface area (Å²) in [6.07, 6.45) is 0. The van der Waals surface area contributed by atoms with Crippen molar-refractivity contribution in [1.82, 2.24) is 5.32 Å². The molecule has 0 radical (unpaired) electrons. The minimum Gasteiger partial charge on any atom is -0.452 e. The molecule has 6 heteroatoms. The van der Waals surface area contributed by atoms with Gasteiger partial charge in [0.2, 0.25) is 0 Å². The number of nitrogens with one attached hydrogen (secondary N) is 1. The third-order valence-corrected chi connectivity index (χ3v) is 3.41. The Morgan fingerprint density at radius 2 is 1.74 bits per heavy atom. The number of halogens is 2. The van der Waals surface area contributed by atoms with Crippen molar-refractivity contribution in [2.45, 2.75) is 13.0 Å². The molecular weight excluding hydrogens is 321 g/mol. The summed E-state index contributed by atoms with van der Waals surface area (Å²) in [5, 5.41) is 3.18. The average molecular weight is 336 g/mol. The highest BCUT2D eigenvalue weighted by atomic mass is 35.5. The van der Waals surface area contributed by atoms with Gasteiger partial charge in [-0.05, 0) is 48.9 Å². The molecule has 0 aliphatic heterocycles. The molecule has 1 atom stereocenters. The number of rotatable bonds is 5. The Morgan fingerprint density at radius 3 is 2.35 bits per heavy atom. The number of benzene rings is 2. The van der Waals surface area contributed by atoms with Crippen molar-refractivity contribution >= 4 is 23.5 Å². The normalized spacial score (nSPS) is 11.6. The zero-order chi connectivity index (χ0) is 16.8. The van der Waals surface area contributed by atoms with Gasteiger partial charge < -0.3 is 10.1 Å². The molecule has 1 amide bonds. The number of carbonyl (C=O) groups is 2. The van der Waals surface area contributed by atoms with Crippen molar-refractivity contribution in [3.63, 3.8) is 0 Å². The maximum absolute atomic E-state index is 12.9. The van der Waals surface area contributed by atoms with E-state index in [1.165, 1.54) is 24.3 Å². The first-order valence-electron chi connectivity index (χ1n) is 6.93. The van der Waals surface area contributed by atoms with Crippen LogP contribution in [0.4, 0.5) is 4.39 Å². The molecule has 2 aromatic carbocycles. The van der Waals surface area contributed by atoms with Crippen LogP contribution in [0, 0.1) is 5.82 Å². The fraction of sp³-hybridized carbons (Fsp3) is 0.176. The lowest BCUT2D eigenvalue weighted by atomic mass is 10.1. The van der Waals surface area contributed by atoms with Crippen LogP contribution in [0.3, 0.4) is 0 Å². The van der Waals surface area contributed by atoms with Gasteiger partial charge in [0.25, 0.3) is 5.91 Å². The van der Waals surface area contributed by atoms with Crippen LogP contribution >= 0.6 is 11.6 Å². The van der Waals surface area contributed by atoms with Crippen LogP contribution in [0.15, 0.2) is 48.5 Å². The molecule has 4 nitrogen and oxygen atoms in total. The number of amides is 1. The first-order valence-corrected chi connectivity index (χ1v) is 7.31. The van der Waals surface area contributed by atoms with E-state index in [1.807, 2.05) is 0 Å². The predicted molar refractivity (Wildman–Crippen MR) is 84.7 cm³/mol. The van der Waals surface area contributed by atoms with Gasteiger partial charge in [0.05, 0.1) is 11.6 Å². The van der Waals surface area contributed by atoms with Crippen LogP contribution in [-0.4, -0.2) is 18.5 Å². The van der Waals surface area contributed by atoms with Crippen LogP contribution < -0.4 is 5.32 Å². The molecule has 2 aromatic rings. The average Bonchev–Trinajstić information content (AvgIpc) is 2.54. The number of esters is 1. The summed E-state index contributed by atoms with van der Waals surface area (Å²) in [6.45, 7) is 1.36. The highest BCUT2D eigenvalue weighted by molar-refractivity contribution is 6.30. The molecule has 1 N–H and O–H groups in total. The summed E-state index contributed by atoms with van der Waals surface area (Å²) in [5.74, 6) is -1.39. The summed E-state index contributed by atoms with van der Waals surface area (Å²) in [5.41, 5.74) is 1.07. The van der Waals surface area contributed by atoms with E-state index in [2.05, 4.69) is 5.32 Å². The molecule has 1 unspecified atom stereocenters. The molecular formula is C17H15ClFNO3. The lowest BCUT2D eigenvalue weighted by molar-refractivity contribution is -0.124. The summed E-state index contributed by atoms with van der Waals surface area (Å²) in [7, 11) is 0. The Hall–Kier alpha value is -2.40. The molecule has 0 spiro atoms. The van der Waals surface area contributed by atoms with Crippen LogP contribution in [0.2, 0.25) is 5.02 Å². The van der Waals surface area contributed by atoms with Gasteiger partial charge in [-0.2, -0.15) is 0 Å². The Bertz CT molecular complexity index is 686. The quantitative estimate of drug-likeness (QED) is 0.851. The zero-order valence-electron chi connectivity index (χ0n) is 12.4. The molecule has 0 heterocycles. The van der Waals surface area contributed by atoms with Gasteiger partial charge in [0.1, 0.15) is 5.82 Å². The Labute approximate surface area is 138 Å². The lowest BCUT2D eigenvalue weighted by Gasteiger charge is -2.14. The van der Waals surface area contributed by atoms with Gasteiger partial charge >= 0.3 is 5.97 Å². The molecule has 23 heavy (non-hydrogen) atoms. The Morgan fingerprint density at radius 1 is 1.13 bits per heavy atom. The number of hydrogen-bond acceptors (Lipinski definition) is 3. The molecule has 0 aromatic heterocycles. The predicted octanol–water partition coefficient (Wildman–Crippen LogP) is 3.51. The molecule has 0 bridgehead atoms. The van der Waals surface area contributed by atoms with E-state index in [0.717, 1.165) is 5.56 Å². The van der Waals surface area contributed by atoms with Crippen molar-refractivity contribution in [2.24, 2.45) is 0 Å².